The largest absolute Gasteiger partial charge is 0.333 e. The fourth-order valence-electron chi connectivity index (χ4n) is 6.24. The average Bonchev–Trinajstić information content (AvgIpc) is 2.82. The third-order valence-corrected chi connectivity index (χ3v) is 7.85. The quantitative estimate of drug-likeness (QED) is 0.667. The van der Waals surface area contributed by atoms with Crippen molar-refractivity contribution in [2.75, 3.05) is 33.7 Å². The molecule has 34 heavy (non-hydrogen) atoms. The number of piperidine rings is 1. The van der Waals surface area contributed by atoms with Gasteiger partial charge in [0.15, 0.2) is 5.41 Å². The van der Waals surface area contributed by atoms with Crippen LogP contribution < -0.4 is 10.5 Å². The Morgan fingerprint density at radius 2 is 1.62 bits per heavy atom. The Hall–Kier alpha value is -3.26. The van der Waals surface area contributed by atoms with Crippen LogP contribution in [-0.4, -0.2) is 65.9 Å². The van der Waals surface area contributed by atoms with Gasteiger partial charge in [0.1, 0.15) is 6.54 Å². The number of barbiturate groups is 1. The van der Waals surface area contributed by atoms with Gasteiger partial charge in [0.2, 0.25) is 0 Å². The summed E-state index contributed by atoms with van der Waals surface area (Å²) in [5.74, 6) is -0.343. The molecule has 8 nitrogen and oxygen atoms in total. The number of carbonyl (C=O) groups is 3. The molecule has 0 radical (unpaired) electrons. The van der Waals surface area contributed by atoms with E-state index in [9.17, 15) is 19.2 Å². The van der Waals surface area contributed by atoms with E-state index >= 15 is 0 Å². The summed E-state index contributed by atoms with van der Waals surface area (Å²) < 4.78 is 1.88. The number of fused-ring (bicyclic) bond motifs is 4. The number of carbonyl (C=O) groups excluding carboxylic acids is 3. The summed E-state index contributed by atoms with van der Waals surface area (Å²) in [5, 5.41) is 0. The molecule has 8 heteroatoms. The second kappa shape index (κ2) is 8.20. The smallest absolute Gasteiger partial charge is 0.332 e. The molecule has 1 aromatic heterocycles. The van der Waals surface area contributed by atoms with E-state index in [0.717, 1.165) is 46.1 Å². The van der Waals surface area contributed by atoms with Gasteiger partial charge in [0.05, 0.1) is 13.1 Å². The lowest BCUT2D eigenvalue weighted by atomic mass is 9.75. The lowest BCUT2D eigenvalue weighted by Gasteiger charge is -2.46. The predicted molar refractivity (Wildman–Crippen MR) is 125 cm³/mol. The highest BCUT2D eigenvalue weighted by Gasteiger charge is 2.58. The third-order valence-electron chi connectivity index (χ3n) is 7.85. The van der Waals surface area contributed by atoms with Crippen molar-refractivity contribution in [3.8, 4) is 0 Å². The summed E-state index contributed by atoms with van der Waals surface area (Å²) in [7, 11) is 2.92. The van der Waals surface area contributed by atoms with Crippen LogP contribution in [0.25, 0.3) is 0 Å². The Labute approximate surface area is 198 Å². The molecule has 0 spiro atoms. The Balaban J connectivity index is 1.50. The molecule has 2 fully saturated rings. The number of aromatic nitrogens is 1. The van der Waals surface area contributed by atoms with Crippen molar-refractivity contribution in [2.24, 2.45) is 11.3 Å². The van der Waals surface area contributed by atoms with Gasteiger partial charge in [-0.2, -0.15) is 0 Å². The Kier molecular flexibility index (Phi) is 5.43. The van der Waals surface area contributed by atoms with Gasteiger partial charge in [0.25, 0.3) is 17.4 Å². The number of quaternary nitrogens is 1. The van der Waals surface area contributed by atoms with Crippen molar-refractivity contribution in [2.45, 2.75) is 32.2 Å². The first kappa shape index (κ1) is 22.5. The maximum Gasteiger partial charge on any atom is 0.332 e. The highest BCUT2D eigenvalue weighted by atomic mass is 16.2. The molecular weight excluding hydrogens is 432 g/mol. The molecule has 3 aliphatic heterocycles. The van der Waals surface area contributed by atoms with Crippen LogP contribution in [0.2, 0.25) is 0 Å². The standard InChI is InChI=1S/C26H30N4O4/c1-17-7-9-18(10-8-17)12-26(23(32)27(2)25(34)28(3)24(26)33)16-29-13-19-11-20(15-29)21-5-4-6-22(31)30(21)14-19/h4-10,19-20H,11-16H2,1-3H3/p+1/t19-,20+/m0/s1. The Morgan fingerprint density at radius 1 is 0.941 bits per heavy atom. The minimum atomic E-state index is -1.34. The molecule has 4 amide bonds. The summed E-state index contributed by atoms with van der Waals surface area (Å²) >= 11 is 0. The van der Waals surface area contributed by atoms with Gasteiger partial charge in [0, 0.05) is 50.7 Å². The van der Waals surface area contributed by atoms with Crippen molar-refractivity contribution in [1.29, 1.82) is 0 Å². The second-order valence-corrected chi connectivity index (χ2v) is 10.3. The van der Waals surface area contributed by atoms with Crippen molar-refractivity contribution in [3.05, 3.63) is 69.6 Å². The van der Waals surface area contributed by atoms with Crippen LogP contribution in [-0.2, 0) is 22.6 Å². The van der Waals surface area contributed by atoms with Crippen LogP contribution in [0.4, 0.5) is 4.79 Å². The van der Waals surface area contributed by atoms with Gasteiger partial charge in [-0.3, -0.25) is 24.2 Å². The number of nitrogens with one attached hydrogen (secondary N) is 1. The number of likely N-dealkylation sites (tertiary alicyclic amines) is 1. The normalized spacial score (nSPS) is 26.0. The van der Waals surface area contributed by atoms with E-state index in [2.05, 4.69) is 0 Å². The third kappa shape index (κ3) is 3.57. The van der Waals surface area contributed by atoms with E-state index in [1.165, 1.54) is 19.0 Å². The number of urea groups is 1. The molecule has 2 bridgehead atoms. The van der Waals surface area contributed by atoms with Crippen LogP contribution in [0.15, 0.2) is 47.3 Å². The molecule has 2 saturated heterocycles. The number of imide groups is 2. The number of rotatable bonds is 4. The zero-order chi connectivity index (χ0) is 24.2. The number of benzene rings is 1. The number of hydrogen-bond acceptors (Lipinski definition) is 4. The summed E-state index contributed by atoms with van der Waals surface area (Å²) in [6, 6.07) is 12.7. The Morgan fingerprint density at radius 3 is 2.29 bits per heavy atom. The molecule has 1 aromatic carbocycles. The number of aryl methyl sites for hydroxylation is 1. The maximum atomic E-state index is 13.6. The van der Waals surface area contributed by atoms with Crippen molar-refractivity contribution in [1.82, 2.24) is 14.4 Å². The molecule has 178 valence electrons. The van der Waals surface area contributed by atoms with Crippen molar-refractivity contribution >= 4 is 17.8 Å². The molecule has 1 N–H and O–H groups in total. The molecule has 0 saturated carbocycles. The van der Waals surface area contributed by atoms with E-state index in [4.69, 9.17) is 0 Å². The van der Waals surface area contributed by atoms with Gasteiger partial charge in [-0.25, -0.2) is 4.79 Å². The minimum absolute atomic E-state index is 0.0332. The second-order valence-electron chi connectivity index (χ2n) is 10.3. The fourth-order valence-corrected chi connectivity index (χ4v) is 6.24. The molecule has 3 aliphatic rings. The van der Waals surface area contributed by atoms with Crippen molar-refractivity contribution < 1.29 is 19.3 Å². The van der Waals surface area contributed by atoms with E-state index in [1.54, 1.807) is 6.07 Å². The number of pyridine rings is 1. The van der Waals surface area contributed by atoms with Gasteiger partial charge in [-0.1, -0.05) is 35.9 Å². The predicted octanol–water partition coefficient (Wildman–Crippen LogP) is 0.438. The van der Waals surface area contributed by atoms with Gasteiger partial charge in [-0.05, 0) is 25.0 Å². The topological polar surface area (TPSA) is 84.1 Å². The van der Waals surface area contributed by atoms with Crippen LogP contribution in [0.3, 0.4) is 0 Å². The molecule has 4 heterocycles. The minimum Gasteiger partial charge on any atom is -0.333 e. The van der Waals surface area contributed by atoms with Crippen molar-refractivity contribution in [3.63, 3.8) is 0 Å². The molecule has 5 rings (SSSR count). The van der Waals surface area contributed by atoms with E-state index in [0.29, 0.717) is 19.0 Å². The number of amides is 4. The zero-order valence-corrected chi connectivity index (χ0v) is 19.9. The molecule has 3 atom stereocenters. The molecule has 0 aliphatic carbocycles. The maximum absolute atomic E-state index is 13.6. The lowest BCUT2D eigenvalue weighted by molar-refractivity contribution is -0.915. The van der Waals surface area contributed by atoms with Crippen LogP contribution in [0, 0.1) is 18.3 Å². The van der Waals surface area contributed by atoms with Gasteiger partial charge >= 0.3 is 6.03 Å². The van der Waals surface area contributed by atoms with Crippen LogP contribution in [0.5, 0.6) is 0 Å². The van der Waals surface area contributed by atoms with Gasteiger partial charge < -0.3 is 9.47 Å². The summed E-state index contributed by atoms with van der Waals surface area (Å²) in [6.07, 6.45) is 1.26. The van der Waals surface area contributed by atoms with E-state index in [-0.39, 0.29) is 17.9 Å². The summed E-state index contributed by atoms with van der Waals surface area (Å²) in [4.78, 5) is 55.6. The first-order valence-electron chi connectivity index (χ1n) is 11.9. The Bertz CT molecular complexity index is 1190. The first-order valence-corrected chi connectivity index (χ1v) is 11.9. The monoisotopic (exact) mass is 463 g/mol. The van der Waals surface area contributed by atoms with E-state index in [1.807, 2.05) is 47.9 Å². The van der Waals surface area contributed by atoms with Gasteiger partial charge in [-0.15, -0.1) is 0 Å². The van der Waals surface area contributed by atoms with Crippen LogP contribution >= 0.6 is 0 Å². The molecule has 2 aromatic rings. The first-order chi connectivity index (χ1) is 16.2. The summed E-state index contributed by atoms with van der Waals surface area (Å²) in [5.41, 5.74) is 1.73. The zero-order valence-electron chi connectivity index (χ0n) is 19.9. The SMILES string of the molecule is Cc1ccc(CC2(C[NH+]3C[C@@H]4C[C@H](C3)c3cccc(=O)n3C4)C(=O)N(C)C(=O)N(C)C2=O)cc1. The van der Waals surface area contributed by atoms with Crippen LogP contribution in [0.1, 0.15) is 29.2 Å². The highest BCUT2D eigenvalue weighted by Crippen LogP contribution is 2.34. The number of hydrogen-bond donors (Lipinski definition) is 1. The molecule has 1 unspecified atom stereocenters. The summed E-state index contributed by atoms with van der Waals surface area (Å²) in [6.45, 7) is 4.52. The van der Waals surface area contributed by atoms with E-state index < -0.39 is 23.3 Å². The average molecular weight is 464 g/mol. The number of nitrogens with zero attached hydrogens (tertiary/aromatic N) is 3. The molecular formula is C26H31N4O4+. The lowest BCUT2D eigenvalue weighted by Crippen LogP contribution is -3.16. The fraction of sp³-hybridized carbons (Fsp3) is 0.462. The highest BCUT2D eigenvalue weighted by molar-refractivity contribution is 6.19.